The van der Waals surface area contributed by atoms with Crippen LogP contribution in [0.4, 0.5) is 0 Å². The second-order valence-corrected chi connectivity index (χ2v) is 8.20. The molecule has 144 valence electrons. The van der Waals surface area contributed by atoms with Gasteiger partial charge >= 0.3 is 5.97 Å². The van der Waals surface area contributed by atoms with Crippen molar-refractivity contribution in [2.24, 2.45) is 0 Å². The summed E-state index contributed by atoms with van der Waals surface area (Å²) in [4.78, 5) is 14.2. The Hall–Kier alpha value is -2.09. The molecular formula is C20H23NO6. The second-order valence-electron chi connectivity index (χ2n) is 8.20. The van der Waals surface area contributed by atoms with Gasteiger partial charge in [-0.05, 0) is 51.1 Å². The first-order chi connectivity index (χ1) is 12.8. The van der Waals surface area contributed by atoms with Crippen molar-refractivity contribution in [1.29, 1.82) is 0 Å². The van der Waals surface area contributed by atoms with Gasteiger partial charge in [-0.1, -0.05) is 6.07 Å². The Morgan fingerprint density at radius 1 is 1.44 bits per heavy atom. The number of rotatable bonds is 2. The molecule has 5 rings (SSSR count). The summed E-state index contributed by atoms with van der Waals surface area (Å²) >= 11 is 0. The first-order valence-electron chi connectivity index (χ1n) is 9.34. The number of piperidine rings is 1. The third-order valence-electron chi connectivity index (χ3n) is 6.91. The lowest BCUT2D eigenvalue weighted by atomic mass is 9.50. The van der Waals surface area contributed by atoms with Crippen LogP contribution in [0.15, 0.2) is 24.0 Å². The van der Waals surface area contributed by atoms with Crippen molar-refractivity contribution < 1.29 is 29.6 Å². The number of aromatic hydroxyl groups is 1. The van der Waals surface area contributed by atoms with Gasteiger partial charge < -0.3 is 29.7 Å². The molecule has 4 aliphatic rings. The highest BCUT2D eigenvalue weighted by Crippen LogP contribution is 2.65. The third-order valence-corrected chi connectivity index (χ3v) is 6.91. The number of carbonyl (C=O) groups excluding carboxylic acids is 1. The monoisotopic (exact) mass is 373 g/mol. The molecule has 2 aliphatic heterocycles. The van der Waals surface area contributed by atoms with Crippen LogP contribution in [0.5, 0.6) is 11.5 Å². The molecule has 5 atom stereocenters. The molecule has 1 fully saturated rings. The van der Waals surface area contributed by atoms with E-state index in [1.807, 2.05) is 13.1 Å². The van der Waals surface area contributed by atoms with Crippen LogP contribution >= 0.6 is 0 Å². The number of nitrogens with zero attached hydrogens (tertiary/aromatic N) is 1. The van der Waals surface area contributed by atoms with E-state index in [1.165, 1.54) is 6.92 Å². The Morgan fingerprint density at radius 2 is 2.22 bits per heavy atom. The van der Waals surface area contributed by atoms with E-state index in [-0.39, 0.29) is 11.8 Å². The lowest BCUT2D eigenvalue weighted by Gasteiger charge is -2.61. The zero-order valence-corrected chi connectivity index (χ0v) is 15.3. The van der Waals surface area contributed by atoms with Crippen LogP contribution in [0.2, 0.25) is 0 Å². The van der Waals surface area contributed by atoms with Crippen LogP contribution in [-0.4, -0.2) is 63.6 Å². The lowest BCUT2D eigenvalue weighted by molar-refractivity contribution is -0.171. The zero-order chi connectivity index (χ0) is 19.1. The molecule has 0 amide bonds. The number of esters is 1. The largest absolute Gasteiger partial charge is 0.504 e. The molecule has 7 nitrogen and oxygen atoms in total. The predicted molar refractivity (Wildman–Crippen MR) is 94.4 cm³/mol. The van der Waals surface area contributed by atoms with Crippen molar-refractivity contribution >= 4 is 5.97 Å². The highest BCUT2D eigenvalue weighted by molar-refractivity contribution is 5.75. The molecule has 1 aromatic rings. The Morgan fingerprint density at radius 3 is 2.96 bits per heavy atom. The van der Waals surface area contributed by atoms with E-state index >= 15 is 0 Å². The predicted octanol–water partition coefficient (Wildman–Crippen LogP) is 0.594. The summed E-state index contributed by atoms with van der Waals surface area (Å²) in [5.74, 6) is -0.0528. The Balaban J connectivity index is 1.72. The maximum Gasteiger partial charge on any atom is 0.339 e. The fraction of sp³-hybridized carbons (Fsp3) is 0.550. The van der Waals surface area contributed by atoms with Crippen LogP contribution in [0.3, 0.4) is 0 Å². The number of hydrogen-bond acceptors (Lipinski definition) is 7. The van der Waals surface area contributed by atoms with Crippen LogP contribution in [-0.2, 0) is 21.4 Å². The average molecular weight is 373 g/mol. The van der Waals surface area contributed by atoms with Gasteiger partial charge in [0, 0.05) is 18.0 Å². The minimum atomic E-state index is -1.26. The molecular weight excluding hydrogens is 350 g/mol. The summed E-state index contributed by atoms with van der Waals surface area (Å²) in [5, 5.41) is 31.8. The molecule has 0 saturated carbocycles. The number of benzene rings is 1. The van der Waals surface area contributed by atoms with Crippen molar-refractivity contribution in [2.45, 2.75) is 55.5 Å². The standard InChI is InChI=1S/C20H23NO6/c1-10(22)18(24)26-13-5-6-20(25)14-9-11-3-4-12(23)16-15(11)19(20,17(13)27-16)7-8-21(14)2/h3-5,10,14,17,22-23,25H,6-9H2,1-2H3/t10-,14?,17-,19-,20-/m0/s1. The van der Waals surface area contributed by atoms with Crippen molar-refractivity contribution in [2.75, 3.05) is 13.6 Å². The number of phenols is 1. The molecule has 1 saturated heterocycles. The van der Waals surface area contributed by atoms with E-state index in [0.717, 1.165) is 17.7 Å². The summed E-state index contributed by atoms with van der Waals surface area (Å²) in [7, 11) is 2.01. The van der Waals surface area contributed by atoms with Gasteiger partial charge in [0.05, 0.1) is 11.0 Å². The summed E-state index contributed by atoms with van der Waals surface area (Å²) in [6, 6.07) is 3.42. The average Bonchev–Trinajstić information content (AvgIpc) is 2.98. The van der Waals surface area contributed by atoms with E-state index in [0.29, 0.717) is 30.8 Å². The van der Waals surface area contributed by atoms with Crippen LogP contribution in [0, 0.1) is 0 Å². The number of likely N-dealkylation sites (tertiary alicyclic amines) is 1. The van der Waals surface area contributed by atoms with Gasteiger partial charge in [0.1, 0.15) is 11.9 Å². The van der Waals surface area contributed by atoms with E-state index < -0.39 is 29.2 Å². The van der Waals surface area contributed by atoms with Gasteiger partial charge in [0.15, 0.2) is 17.6 Å². The van der Waals surface area contributed by atoms with E-state index in [1.54, 1.807) is 12.1 Å². The normalized spacial score (nSPS) is 37.1. The van der Waals surface area contributed by atoms with Gasteiger partial charge in [0.2, 0.25) is 0 Å². The van der Waals surface area contributed by atoms with Crippen molar-refractivity contribution in [3.05, 3.63) is 35.1 Å². The number of phenolic OH excluding ortho intramolecular Hbond substituents is 1. The summed E-state index contributed by atoms with van der Waals surface area (Å²) in [6.45, 7) is 2.11. The zero-order valence-electron chi connectivity index (χ0n) is 15.3. The highest BCUT2D eigenvalue weighted by Gasteiger charge is 2.72. The number of ether oxygens (including phenoxy) is 2. The Labute approximate surface area is 156 Å². The number of carbonyl (C=O) groups is 1. The molecule has 3 N–H and O–H groups in total. The first-order valence-corrected chi connectivity index (χ1v) is 9.34. The van der Waals surface area contributed by atoms with Crippen LogP contribution in [0.25, 0.3) is 0 Å². The molecule has 2 aliphatic carbocycles. The van der Waals surface area contributed by atoms with Gasteiger partial charge in [-0.15, -0.1) is 0 Å². The summed E-state index contributed by atoms with van der Waals surface area (Å²) in [6.07, 6.45) is 1.34. The molecule has 7 heteroatoms. The quantitative estimate of drug-likeness (QED) is 0.653. The maximum absolute atomic E-state index is 12.0. The Bertz CT molecular complexity index is 879. The summed E-state index contributed by atoms with van der Waals surface area (Å²) in [5.41, 5.74) is 0.0273. The molecule has 0 aromatic heterocycles. The van der Waals surface area contributed by atoms with E-state index in [2.05, 4.69) is 4.90 Å². The minimum Gasteiger partial charge on any atom is -0.504 e. The molecule has 0 radical (unpaired) electrons. The van der Waals surface area contributed by atoms with Gasteiger partial charge in [-0.3, -0.25) is 0 Å². The number of likely N-dealkylation sites (N-methyl/N-ethyl adjacent to an activating group) is 1. The molecule has 27 heavy (non-hydrogen) atoms. The van der Waals surface area contributed by atoms with Gasteiger partial charge in [-0.25, -0.2) is 4.79 Å². The second kappa shape index (κ2) is 5.25. The molecule has 1 unspecified atom stereocenters. The van der Waals surface area contributed by atoms with E-state index in [9.17, 15) is 20.1 Å². The van der Waals surface area contributed by atoms with Crippen molar-refractivity contribution in [3.8, 4) is 11.5 Å². The number of aliphatic hydroxyl groups excluding tert-OH is 1. The van der Waals surface area contributed by atoms with Gasteiger partial charge in [-0.2, -0.15) is 0 Å². The van der Waals surface area contributed by atoms with Gasteiger partial charge in [0.25, 0.3) is 0 Å². The van der Waals surface area contributed by atoms with Crippen molar-refractivity contribution in [1.82, 2.24) is 4.90 Å². The molecule has 1 aromatic carbocycles. The number of hydrogen-bond donors (Lipinski definition) is 3. The lowest BCUT2D eigenvalue weighted by Crippen LogP contribution is -2.74. The molecule has 2 heterocycles. The fourth-order valence-corrected chi connectivity index (χ4v) is 5.64. The fourth-order valence-electron chi connectivity index (χ4n) is 5.64. The number of aliphatic hydroxyl groups is 2. The maximum atomic E-state index is 12.0. The third kappa shape index (κ3) is 1.89. The van der Waals surface area contributed by atoms with Crippen molar-refractivity contribution in [3.63, 3.8) is 0 Å². The molecule has 2 bridgehead atoms. The van der Waals surface area contributed by atoms with E-state index in [4.69, 9.17) is 9.47 Å². The minimum absolute atomic E-state index is 0.0263. The topological polar surface area (TPSA) is 99.5 Å². The summed E-state index contributed by atoms with van der Waals surface area (Å²) < 4.78 is 11.6. The Kier molecular flexibility index (Phi) is 3.31. The smallest absolute Gasteiger partial charge is 0.339 e. The SMILES string of the molecule is C[C@H](O)C(=O)OC1=CC[C@]2(O)C3Cc4ccc(O)c5c4[C@@]2(CCN3C)[C@H]1O5. The van der Waals surface area contributed by atoms with Crippen LogP contribution in [0.1, 0.15) is 30.9 Å². The molecule has 1 spiro atoms. The first kappa shape index (κ1) is 17.0. The van der Waals surface area contributed by atoms with Crippen LogP contribution < -0.4 is 4.74 Å². The highest BCUT2D eigenvalue weighted by atomic mass is 16.6.